The van der Waals surface area contributed by atoms with Crippen LogP contribution < -0.4 is 11.1 Å². The molecular weight excluding hydrogens is 188 g/mol. The lowest BCUT2D eigenvalue weighted by atomic mass is 9.83. The molecule has 0 aromatic heterocycles. The van der Waals surface area contributed by atoms with Crippen LogP contribution in [0.2, 0.25) is 0 Å². The molecule has 0 aliphatic heterocycles. The van der Waals surface area contributed by atoms with Gasteiger partial charge in [0.15, 0.2) is 0 Å². The zero-order chi connectivity index (χ0) is 11.5. The van der Waals surface area contributed by atoms with Crippen molar-refractivity contribution in [2.24, 2.45) is 17.1 Å². The molecule has 1 saturated carbocycles. The third-order valence-electron chi connectivity index (χ3n) is 3.29. The van der Waals surface area contributed by atoms with E-state index in [1.165, 1.54) is 19.3 Å². The van der Waals surface area contributed by atoms with E-state index < -0.39 is 6.04 Å². The van der Waals surface area contributed by atoms with Crippen LogP contribution in [-0.2, 0) is 4.79 Å². The highest BCUT2D eigenvalue weighted by molar-refractivity contribution is 5.82. The Morgan fingerprint density at radius 2 is 2.07 bits per heavy atom. The van der Waals surface area contributed by atoms with Crippen molar-refractivity contribution in [3.8, 4) is 0 Å². The Bertz CT molecular complexity index is 216. The second kappa shape index (κ2) is 4.97. The molecular formula is C12H24N2O. The van der Waals surface area contributed by atoms with Crippen molar-refractivity contribution >= 4 is 5.91 Å². The Hall–Kier alpha value is -0.570. The van der Waals surface area contributed by atoms with Gasteiger partial charge in [-0.3, -0.25) is 4.79 Å². The van der Waals surface area contributed by atoms with Gasteiger partial charge in [0.2, 0.25) is 5.91 Å². The number of hydrogen-bond donors (Lipinski definition) is 2. The van der Waals surface area contributed by atoms with Gasteiger partial charge in [-0.2, -0.15) is 0 Å². The molecule has 0 aromatic carbocycles. The molecule has 1 amide bonds. The van der Waals surface area contributed by atoms with Gasteiger partial charge in [-0.05, 0) is 17.8 Å². The van der Waals surface area contributed by atoms with Crippen LogP contribution in [0, 0.1) is 11.3 Å². The first-order chi connectivity index (χ1) is 6.91. The van der Waals surface area contributed by atoms with Crippen molar-refractivity contribution in [3.05, 3.63) is 0 Å². The molecule has 0 bridgehead atoms. The predicted molar refractivity (Wildman–Crippen MR) is 62.4 cm³/mol. The van der Waals surface area contributed by atoms with Crippen LogP contribution in [0.1, 0.15) is 46.5 Å². The van der Waals surface area contributed by atoms with Crippen LogP contribution in [0.4, 0.5) is 0 Å². The molecule has 1 atom stereocenters. The van der Waals surface area contributed by atoms with Crippen LogP contribution in [0.15, 0.2) is 0 Å². The van der Waals surface area contributed by atoms with Gasteiger partial charge in [0.1, 0.15) is 0 Å². The van der Waals surface area contributed by atoms with E-state index >= 15 is 0 Å². The highest BCUT2D eigenvalue weighted by Gasteiger charge is 2.27. The molecule has 0 unspecified atom stereocenters. The first-order valence-electron chi connectivity index (χ1n) is 5.94. The largest absolute Gasteiger partial charge is 0.355 e. The van der Waals surface area contributed by atoms with Gasteiger partial charge < -0.3 is 11.1 Å². The SMILES string of the molecule is CC(C)(C)[C@@H](N)C(=O)NCCC1CCC1. The minimum absolute atomic E-state index is 0.0122. The topological polar surface area (TPSA) is 55.1 Å². The van der Waals surface area contributed by atoms with Gasteiger partial charge in [-0.1, -0.05) is 40.0 Å². The second-order valence-corrected chi connectivity index (χ2v) is 5.72. The van der Waals surface area contributed by atoms with E-state index in [1.807, 2.05) is 20.8 Å². The van der Waals surface area contributed by atoms with Crippen molar-refractivity contribution in [3.63, 3.8) is 0 Å². The van der Waals surface area contributed by atoms with E-state index in [9.17, 15) is 4.79 Å². The summed E-state index contributed by atoms with van der Waals surface area (Å²) < 4.78 is 0. The molecule has 15 heavy (non-hydrogen) atoms. The summed E-state index contributed by atoms with van der Waals surface area (Å²) in [6.07, 6.45) is 5.14. The molecule has 3 heteroatoms. The van der Waals surface area contributed by atoms with Gasteiger partial charge in [0.25, 0.3) is 0 Å². The molecule has 0 heterocycles. The quantitative estimate of drug-likeness (QED) is 0.744. The van der Waals surface area contributed by atoms with E-state index in [1.54, 1.807) is 0 Å². The molecule has 3 N–H and O–H groups in total. The minimum Gasteiger partial charge on any atom is -0.355 e. The average molecular weight is 212 g/mol. The molecule has 0 radical (unpaired) electrons. The molecule has 1 aliphatic rings. The fourth-order valence-corrected chi connectivity index (χ4v) is 1.68. The lowest BCUT2D eigenvalue weighted by Gasteiger charge is -2.28. The normalized spacial score (nSPS) is 19.5. The number of rotatable bonds is 4. The number of amides is 1. The molecule has 1 fully saturated rings. The Balaban J connectivity index is 2.17. The standard InChI is InChI=1S/C12H24N2O/c1-12(2,3)10(13)11(15)14-8-7-9-5-4-6-9/h9-10H,4-8,13H2,1-3H3,(H,14,15)/t10-/m0/s1. The van der Waals surface area contributed by atoms with Gasteiger partial charge in [0, 0.05) is 6.54 Å². The average Bonchev–Trinajstić information content (AvgIpc) is 2.06. The monoisotopic (exact) mass is 212 g/mol. The zero-order valence-corrected chi connectivity index (χ0v) is 10.2. The summed E-state index contributed by atoms with van der Waals surface area (Å²) in [5, 5.41) is 2.92. The maximum Gasteiger partial charge on any atom is 0.237 e. The van der Waals surface area contributed by atoms with Crippen LogP contribution >= 0.6 is 0 Å². The molecule has 0 spiro atoms. The van der Waals surface area contributed by atoms with E-state index in [-0.39, 0.29) is 11.3 Å². The lowest BCUT2D eigenvalue weighted by molar-refractivity contribution is -0.124. The molecule has 0 aromatic rings. The summed E-state index contributed by atoms with van der Waals surface area (Å²) >= 11 is 0. The van der Waals surface area contributed by atoms with Gasteiger partial charge in [0.05, 0.1) is 6.04 Å². The van der Waals surface area contributed by atoms with Crippen LogP contribution in [0.3, 0.4) is 0 Å². The second-order valence-electron chi connectivity index (χ2n) is 5.72. The van der Waals surface area contributed by atoms with Crippen LogP contribution in [0.5, 0.6) is 0 Å². The highest BCUT2D eigenvalue weighted by Crippen LogP contribution is 2.28. The van der Waals surface area contributed by atoms with Crippen molar-refractivity contribution in [2.45, 2.75) is 52.5 Å². The summed E-state index contributed by atoms with van der Waals surface area (Å²) in [4.78, 5) is 11.6. The fourth-order valence-electron chi connectivity index (χ4n) is 1.68. The van der Waals surface area contributed by atoms with Gasteiger partial charge >= 0.3 is 0 Å². The zero-order valence-electron chi connectivity index (χ0n) is 10.2. The summed E-state index contributed by atoms with van der Waals surface area (Å²) in [6.45, 7) is 6.75. The Morgan fingerprint density at radius 1 is 1.47 bits per heavy atom. The predicted octanol–water partition coefficient (Wildman–Crippen LogP) is 1.67. The first-order valence-corrected chi connectivity index (χ1v) is 5.94. The number of carbonyl (C=O) groups excluding carboxylic acids is 1. The van der Waals surface area contributed by atoms with E-state index in [0.29, 0.717) is 0 Å². The van der Waals surface area contributed by atoms with E-state index in [0.717, 1.165) is 18.9 Å². The summed E-state index contributed by atoms with van der Waals surface area (Å²) in [5.41, 5.74) is 5.69. The molecule has 1 rings (SSSR count). The number of carbonyl (C=O) groups is 1. The minimum atomic E-state index is -0.404. The number of hydrogen-bond acceptors (Lipinski definition) is 2. The lowest BCUT2D eigenvalue weighted by Crippen LogP contribution is -2.49. The number of nitrogens with one attached hydrogen (secondary N) is 1. The summed E-state index contributed by atoms with van der Waals surface area (Å²) in [7, 11) is 0. The van der Waals surface area contributed by atoms with Gasteiger partial charge in [-0.25, -0.2) is 0 Å². The van der Waals surface area contributed by atoms with Crippen LogP contribution in [-0.4, -0.2) is 18.5 Å². The molecule has 3 nitrogen and oxygen atoms in total. The summed E-state index contributed by atoms with van der Waals surface area (Å²) in [5.74, 6) is 0.831. The van der Waals surface area contributed by atoms with E-state index in [2.05, 4.69) is 5.32 Å². The fraction of sp³-hybridized carbons (Fsp3) is 0.917. The number of nitrogens with two attached hydrogens (primary N) is 1. The smallest absolute Gasteiger partial charge is 0.237 e. The third-order valence-corrected chi connectivity index (χ3v) is 3.29. The highest BCUT2D eigenvalue weighted by atomic mass is 16.2. The van der Waals surface area contributed by atoms with Crippen molar-refractivity contribution in [1.29, 1.82) is 0 Å². The van der Waals surface area contributed by atoms with Crippen molar-refractivity contribution < 1.29 is 4.79 Å². The van der Waals surface area contributed by atoms with Crippen molar-refractivity contribution in [1.82, 2.24) is 5.32 Å². The Labute approximate surface area is 92.8 Å². The Kier molecular flexibility index (Phi) is 4.14. The van der Waals surface area contributed by atoms with E-state index in [4.69, 9.17) is 5.73 Å². The third kappa shape index (κ3) is 3.82. The molecule has 0 saturated heterocycles. The van der Waals surface area contributed by atoms with Crippen molar-refractivity contribution in [2.75, 3.05) is 6.54 Å². The van der Waals surface area contributed by atoms with Gasteiger partial charge in [-0.15, -0.1) is 0 Å². The maximum atomic E-state index is 11.6. The van der Waals surface area contributed by atoms with Crippen LogP contribution in [0.25, 0.3) is 0 Å². The maximum absolute atomic E-state index is 11.6. The Morgan fingerprint density at radius 3 is 2.47 bits per heavy atom. The molecule has 88 valence electrons. The summed E-state index contributed by atoms with van der Waals surface area (Å²) in [6, 6.07) is -0.404. The molecule has 1 aliphatic carbocycles. The first kappa shape index (κ1) is 12.5.